The third kappa shape index (κ3) is 2.88. The summed E-state index contributed by atoms with van der Waals surface area (Å²) in [6, 6.07) is 0.694. The summed E-state index contributed by atoms with van der Waals surface area (Å²) in [6.07, 6.45) is 4.74. The van der Waals surface area contributed by atoms with E-state index in [1.807, 2.05) is 4.68 Å². The molecule has 0 bridgehead atoms. The van der Waals surface area contributed by atoms with Gasteiger partial charge in [-0.15, -0.1) is 5.10 Å². The Morgan fingerprint density at radius 2 is 2.28 bits per heavy atom. The van der Waals surface area contributed by atoms with Gasteiger partial charge in [0.05, 0.1) is 12.1 Å². The second-order valence-corrected chi connectivity index (χ2v) is 6.22. The number of hydrogen-bond donors (Lipinski definition) is 1. The molecular formula is C13H25N5. The van der Waals surface area contributed by atoms with Gasteiger partial charge in [-0.1, -0.05) is 20.8 Å². The molecule has 1 fully saturated rings. The molecule has 2 atom stereocenters. The minimum absolute atomic E-state index is 0.226. The first kappa shape index (κ1) is 13.5. The Bertz CT molecular complexity index is 384. The first-order valence-electron chi connectivity index (χ1n) is 7.04. The van der Waals surface area contributed by atoms with E-state index in [0.717, 1.165) is 18.8 Å². The van der Waals surface area contributed by atoms with E-state index >= 15 is 0 Å². The molecule has 1 aromatic rings. The average Bonchev–Trinajstić information content (AvgIpc) is 2.91. The van der Waals surface area contributed by atoms with E-state index < -0.39 is 0 Å². The van der Waals surface area contributed by atoms with E-state index in [2.05, 4.69) is 48.5 Å². The third-order valence-corrected chi connectivity index (χ3v) is 3.89. The number of tetrazole rings is 1. The van der Waals surface area contributed by atoms with E-state index in [1.165, 1.54) is 19.3 Å². The van der Waals surface area contributed by atoms with E-state index in [4.69, 9.17) is 0 Å². The van der Waals surface area contributed by atoms with Crippen LogP contribution < -0.4 is 5.32 Å². The van der Waals surface area contributed by atoms with Gasteiger partial charge in [-0.05, 0) is 55.0 Å². The second-order valence-electron chi connectivity index (χ2n) is 6.22. The Morgan fingerprint density at radius 3 is 2.89 bits per heavy atom. The molecule has 0 saturated heterocycles. The van der Waals surface area contributed by atoms with Gasteiger partial charge in [-0.25, -0.2) is 4.68 Å². The molecule has 102 valence electrons. The fraction of sp³-hybridized carbons (Fsp3) is 0.923. The van der Waals surface area contributed by atoms with Gasteiger partial charge >= 0.3 is 0 Å². The standard InChI is InChI=1S/C13H25N5/c1-5-8-14-10(2)12-15-16-17-18(12)11-6-7-13(3,4)9-11/h10-11,14H,5-9H2,1-4H3. The van der Waals surface area contributed by atoms with E-state index in [-0.39, 0.29) is 6.04 Å². The Balaban J connectivity index is 2.08. The van der Waals surface area contributed by atoms with Gasteiger partial charge in [0.25, 0.3) is 0 Å². The smallest absolute Gasteiger partial charge is 0.168 e. The van der Waals surface area contributed by atoms with E-state index in [9.17, 15) is 0 Å². The van der Waals surface area contributed by atoms with Crippen LogP contribution >= 0.6 is 0 Å². The Kier molecular flexibility index (Phi) is 4.00. The lowest BCUT2D eigenvalue weighted by Gasteiger charge is -2.19. The van der Waals surface area contributed by atoms with Crippen LogP contribution in [0.4, 0.5) is 0 Å². The van der Waals surface area contributed by atoms with Crippen molar-refractivity contribution in [2.75, 3.05) is 6.54 Å². The molecule has 1 aliphatic carbocycles. The molecule has 1 saturated carbocycles. The predicted molar refractivity (Wildman–Crippen MR) is 71.2 cm³/mol. The van der Waals surface area contributed by atoms with Crippen molar-refractivity contribution in [2.45, 2.75) is 65.5 Å². The molecule has 0 aliphatic heterocycles. The van der Waals surface area contributed by atoms with Crippen LogP contribution in [0.3, 0.4) is 0 Å². The zero-order valence-corrected chi connectivity index (χ0v) is 12.0. The van der Waals surface area contributed by atoms with E-state index in [0.29, 0.717) is 11.5 Å². The van der Waals surface area contributed by atoms with Crippen LogP contribution in [0.2, 0.25) is 0 Å². The number of nitrogens with one attached hydrogen (secondary N) is 1. The Morgan fingerprint density at radius 1 is 1.50 bits per heavy atom. The van der Waals surface area contributed by atoms with Crippen molar-refractivity contribution in [3.8, 4) is 0 Å². The van der Waals surface area contributed by atoms with Crippen LogP contribution in [-0.4, -0.2) is 26.8 Å². The molecule has 18 heavy (non-hydrogen) atoms. The Hall–Kier alpha value is -0.970. The summed E-state index contributed by atoms with van der Waals surface area (Å²) in [5.41, 5.74) is 0.425. The first-order valence-corrected chi connectivity index (χ1v) is 7.04. The molecule has 1 aromatic heterocycles. The number of rotatable bonds is 5. The van der Waals surface area contributed by atoms with Crippen molar-refractivity contribution in [2.24, 2.45) is 5.41 Å². The maximum atomic E-state index is 4.21. The molecule has 2 unspecified atom stereocenters. The second kappa shape index (κ2) is 5.34. The lowest BCUT2D eigenvalue weighted by molar-refractivity contribution is 0.338. The zero-order valence-electron chi connectivity index (χ0n) is 12.0. The van der Waals surface area contributed by atoms with Gasteiger partial charge < -0.3 is 5.32 Å². The fourth-order valence-electron chi connectivity index (χ4n) is 2.81. The summed E-state index contributed by atoms with van der Waals surface area (Å²) in [6.45, 7) is 9.97. The first-order chi connectivity index (χ1) is 8.53. The quantitative estimate of drug-likeness (QED) is 0.873. The van der Waals surface area contributed by atoms with Gasteiger partial charge in [0, 0.05) is 0 Å². The summed E-state index contributed by atoms with van der Waals surface area (Å²) in [5, 5.41) is 15.7. The minimum atomic E-state index is 0.226. The number of nitrogens with zero attached hydrogens (tertiary/aromatic N) is 4. The molecule has 5 nitrogen and oxygen atoms in total. The van der Waals surface area contributed by atoms with Crippen molar-refractivity contribution in [1.29, 1.82) is 0 Å². The molecule has 1 aliphatic rings. The normalized spacial score (nSPS) is 24.3. The monoisotopic (exact) mass is 251 g/mol. The highest BCUT2D eigenvalue weighted by Gasteiger charge is 2.34. The summed E-state index contributed by atoms with van der Waals surface area (Å²) in [7, 11) is 0. The summed E-state index contributed by atoms with van der Waals surface area (Å²) in [4.78, 5) is 0. The molecule has 5 heteroatoms. The average molecular weight is 251 g/mol. The third-order valence-electron chi connectivity index (χ3n) is 3.89. The molecule has 0 aromatic carbocycles. The topological polar surface area (TPSA) is 55.6 Å². The van der Waals surface area contributed by atoms with Crippen LogP contribution in [0, 0.1) is 5.41 Å². The maximum absolute atomic E-state index is 4.21. The van der Waals surface area contributed by atoms with Crippen molar-refractivity contribution >= 4 is 0 Å². The fourth-order valence-corrected chi connectivity index (χ4v) is 2.81. The lowest BCUT2D eigenvalue weighted by atomic mass is 9.92. The van der Waals surface area contributed by atoms with Gasteiger partial charge in [0.2, 0.25) is 0 Å². The minimum Gasteiger partial charge on any atom is -0.307 e. The molecular weight excluding hydrogens is 226 g/mol. The molecule has 0 spiro atoms. The molecule has 0 amide bonds. The molecule has 2 rings (SSSR count). The van der Waals surface area contributed by atoms with Crippen molar-refractivity contribution in [3.63, 3.8) is 0 Å². The van der Waals surface area contributed by atoms with Crippen LogP contribution in [0.5, 0.6) is 0 Å². The predicted octanol–water partition coefficient (Wildman–Crippen LogP) is 2.48. The Labute approximate surface area is 109 Å². The van der Waals surface area contributed by atoms with Gasteiger partial charge in [-0.3, -0.25) is 0 Å². The zero-order chi connectivity index (χ0) is 13.2. The largest absolute Gasteiger partial charge is 0.307 e. The van der Waals surface area contributed by atoms with Crippen LogP contribution in [-0.2, 0) is 0 Å². The molecule has 1 N–H and O–H groups in total. The van der Waals surface area contributed by atoms with Crippen molar-refractivity contribution < 1.29 is 0 Å². The maximum Gasteiger partial charge on any atom is 0.168 e. The van der Waals surface area contributed by atoms with Crippen LogP contribution in [0.25, 0.3) is 0 Å². The number of aromatic nitrogens is 4. The molecule has 0 radical (unpaired) electrons. The number of hydrogen-bond acceptors (Lipinski definition) is 4. The SMILES string of the molecule is CCCNC(C)c1nnnn1C1CCC(C)(C)C1. The van der Waals surface area contributed by atoms with Gasteiger partial charge in [0.15, 0.2) is 5.82 Å². The summed E-state index contributed by atoms with van der Waals surface area (Å²) >= 11 is 0. The van der Waals surface area contributed by atoms with Crippen molar-refractivity contribution in [3.05, 3.63) is 5.82 Å². The molecule has 1 heterocycles. The van der Waals surface area contributed by atoms with Crippen LogP contribution in [0.15, 0.2) is 0 Å². The highest BCUT2D eigenvalue weighted by Crippen LogP contribution is 2.43. The highest BCUT2D eigenvalue weighted by molar-refractivity contribution is 4.95. The lowest BCUT2D eigenvalue weighted by Crippen LogP contribution is -2.24. The van der Waals surface area contributed by atoms with Gasteiger partial charge in [0.1, 0.15) is 0 Å². The highest BCUT2D eigenvalue weighted by atomic mass is 15.6. The van der Waals surface area contributed by atoms with Crippen molar-refractivity contribution in [1.82, 2.24) is 25.5 Å². The van der Waals surface area contributed by atoms with Gasteiger partial charge in [-0.2, -0.15) is 0 Å². The summed E-state index contributed by atoms with van der Waals surface area (Å²) < 4.78 is 2.04. The summed E-state index contributed by atoms with van der Waals surface area (Å²) in [5.74, 6) is 0.978. The van der Waals surface area contributed by atoms with Crippen LogP contribution in [0.1, 0.15) is 71.3 Å². The van der Waals surface area contributed by atoms with E-state index in [1.54, 1.807) is 0 Å².